The largest absolute Gasteiger partial charge is 0.358 e. The SMILES string of the molecule is CNC(=O)CSc1ccnc(NC)n1. The van der Waals surface area contributed by atoms with Gasteiger partial charge in [0, 0.05) is 20.3 Å². The summed E-state index contributed by atoms with van der Waals surface area (Å²) in [6.45, 7) is 0. The van der Waals surface area contributed by atoms with Gasteiger partial charge in [-0.05, 0) is 6.07 Å². The average molecular weight is 212 g/mol. The number of nitrogens with one attached hydrogen (secondary N) is 2. The molecule has 1 rings (SSSR count). The van der Waals surface area contributed by atoms with Crippen LogP contribution in [0.2, 0.25) is 0 Å². The van der Waals surface area contributed by atoms with E-state index in [1.807, 2.05) is 0 Å². The van der Waals surface area contributed by atoms with Crippen LogP contribution in [-0.2, 0) is 4.79 Å². The van der Waals surface area contributed by atoms with Crippen LogP contribution in [0.1, 0.15) is 0 Å². The van der Waals surface area contributed by atoms with E-state index in [9.17, 15) is 4.79 Å². The number of hydrogen-bond acceptors (Lipinski definition) is 5. The van der Waals surface area contributed by atoms with Gasteiger partial charge >= 0.3 is 0 Å². The molecule has 6 heteroatoms. The second-order valence-corrected chi connectivity index (χ2v) is 3.43. The summed E-state index contributed by atoms with van der Waals surface area (Å²) in [5.74, 6) is 0.919. The lowest BCUT2D eigenvalue weighted by Gasteiger charge is -2.01. The fourth-order valence-electron chi connectivity index (χ4n) is 0.755. The number of carbonyl (C=O) groups is 1. The van der Waals surface area contributed by atoms with E-state index in [1.54, 1.807) is 26.4 Å². The molecule has 5 nitrogen and oxygen atoms in total. The van der Waals surface area contributed by atoms with Crippen LogP contribution in [-0.4, -0.2) is 35.7 Å². The molecule has 1 aromatic heterocycles. The van der Waals surface area contributed by atoms with Crippen molar-refractivity contribution in [1.82, 2.24) is 15.3 Å². The van der Waals surface area contributed by atoms with Crippen molar-refractivity contribution in [2.75, 3.05) is 25.2 Å². The van der Waals surface area contributed by atoms with Gasteiger partial charge in [-0.15, -0.1) is 0 Å². The minimum atomic E-state index is -0.0142. The van der Waals surface area contributed by atoms with Gasteiger partial charge in [-0.2, -0.15) is 0 Å². The Hall–Kier alpha value is -1.30. The van der Waals surface area contributed by atoms with Crippen LogP contribution in [0, 0.1) is 0 Å². The molecule has 0 radical (unpaired) electrons. The standard InChI is InChI=1S/C8H12N4OS/c1-9-6(13)5-14-7-3-4-11-8(10-2)12-7/h3-4H,5H2,1-2H3,(H,9,13)(H,10,11,12). The molecule has 0 aliphatic rings. The van der Waals surface area contributed by atoms with Crippen molar-refractivity contribution in [3.05, 3.63) is 12.3 Å². The molecular weight excluding hydrogens is 200 g/mol. The highest BCUT2D eigenvalue weighted by molar-refractivity contribution is 7.99. The highest BCUT2D eigenvalue weighted by Gasteiger charge is 2.02. The summed E-state index contributed by atoms with van der Waals surface area (Å²) in [6, 6.07) is 1.77. The predicted octanol–water partition coefficient (Wildman–Crippen LogP) is 0.356. The summed E-state index contributed by atoms with van der Waals surface area (Å²) >= 11 is 1.38. The highest BCUT2D eigenvalue weighted by atomic mass is 32.2. The molecule has 0 fully saturated rings. The van der Waals surface area contributed by atoms with Gasteiger partial charge in [0.25, 0.3) is 0 Å². The van der Waals surface area contributed by atoms with E-state index in [2.05, 4.69) is 20.6 Å². The molecule has 0 aliphatic heterocycles. The number of aromatic nitrogens is 2. The summed E-state index contributed by atoms with van der Waals surface area (Å²) in [7, 11) is 3.37. The Morgan fingerprint density at radius 1 is 1.57 bits per heavy atom. The van der Waals surface area contributed by atoms with Crippen LogP contribution in [0.3, 0.4) is 0 Å². The Morgan fingerprint density at radius 2 is 2.36 bits per heavy atom. The number of anilines is 1. The minimum absolute atomic E-state index is 0.0142. The highest BCUT2D eigenvalue weighted by Crippen LogP contribution is 2.14. The summed E-state index contributed by atoms with van der Waals surface area (Å²) in [6.07, 6.45) is 1.66. The summed E-state index contributed by atoms with van der Waals surface area (Å²) in [4.78, 5) is 19.1. The van der Waals surface area contributed by atoms with Crippen LogP contribution in [0.25, 0.3) is 0 Å². The number of rotatable bonds is 4. The Kier molecular flexibility index (Phi) is 4.18. The molecule has 1 amide bonds. The first-order valence-electron chi connectivity index (χ1n) is 4.10. The van der Waals surface area contributed by atoms with Gasteiger partial charge in [0.1, 0.15) is 5.03 Å². The molecule has 0 aromatic carbocycles. The average Bonchev–Trinajstić information content (AvgIpc) is 2.26. The maximum absolute atomic E-state index is 10.9. The molecule has 0 bridgehead atoms. The Labute approximate surface area is 86.7 Å². The van der Waals surface area contributed by atoms with Crippen molar-refractivity contribution in [2.24, 2.45) is 0 Å². The number of amides is 1. The first-order chi connectivity index (χ1) is 6.76. The van der Waals surface area contributed by atoms with Crippen LogP contribution in [0.5, 0.6) is 0 Å². The fourth-order valence-corrected chi connectivity index (χ4v) is 1.49. The van der Waals surface area contributed by atoms with Crippen molar-refractivity contribution < 1.29 is 4.79 Å². The second-order valence-electron chi connectivity index (χ2n) is 2.43. The van der Waals surface area contributed by atoms with E-state index in [-0.39, 0.29) is 5.91 Å². The van der Waals surface area contributed by atoms with Gasteiger partial charge in [-0.25, -0.2) is 9.97 Å². The smallest absolute Gasteiger partial charge is 0.230 e. The van der Waals surface area contributed by atoms with Crippen LogP contribution in [0.4, 0.5) is 5.95 Å². The molecule has 14 heavy (non-hydrogen) atoms. The van der Waals surface area contributed by atoms with Crippen molar-refractivity contribution in [3.8, 4) is 0 Å². The normalized spacial score (nSPS) is 9.57. The summed E-state index contributed by atoms with van der Waals surface area (Å²) < 4.78 is 0. The van der Waals surface area contributed by atoms with E-state index < -0.39 is 0 Å². The molecule has 2 N–H and O–H groups in total. The first-order valence-corrected chi connectivity index (χ1v) is 5.09. The van der Waals surface area contributed by atoms with E-state index in [0.29, 0.717) is 11.7 Å². The zero-order chi connectivity index (χ0) is 10.4. The molecule has 0 spiro atoms. The number of hydrogen-bond donors (Lipinski definition) is 2. The third-order valence-electron chi connectivity index (χ3n) is 1.48. The predicted molar refractivity (Wildman–Crippen MR) is 56.4 cm³/mol. The molecule has 0 aliphatic carbocycles. The lowest BCUT2D eigenvalue weighted by Crippen LogP contribution is -2.19. The maximum atomic E-state index is 10.9. The quantitative estimate of drug-likeness (QED) is 0.557. The molecular formula is C8H12N4OS. The van der Waals surface area contributed by atoms with Crippen molar-refractivity contribution in [1.29, 1.82) is 0 Å². The molecule has 0 atom stereocenters. The lowest BCUT2D eigenvalue weighted by atomic mass is 10.7. The van der Waals surface area contributed by atoms with Crippen LogP contribution in [0.15, 0.2) is 17.3 Å². The first kappa shape index (κ1) is 10.8. The molecule has 1 aromatic rings. The van der Waals surface area contributed by atoms with Crippen LogP contribution >= 0.6 is 11.8 Å². The maximum Gasteiger partial charge on any atom is 0.230 e. The van der Waals surface area contributed by atoms with Gasteiger partial charge in [0.2, 0.25) is 11.9 Å². The zero-order valence-corrected chi connectivity index (χ0v) is 8.89. The number of nitrogens with zero attached hydrogens (tertiary/aromatic N) is 2. The number of carbonyl (C=O) groups excluding carboxylic acids is 1. The van der Waals surface area contributed by atoms with E-state index in [4.69, 9.17) is 0 Å². The molecule has 0 saturated carbocycles. The van der Waals surface area contributed by atoms with E-state index >= 15 is 0 Å². The third-order valence-corrected chi connectivity index (χ3v) is 2.41. The van der Waals surface area contributed by atoms with Crippen molar-refractivity contribution in [2.45, 2.75) is 5.03 Å². The van der Waals surface area contributed by atoms with Gasteiger partial charge in [-0.1, -0.05) is 11.8 Å². The molecule has 1 heterocycles. The second kappa shape index (κ2) is 5.43. The minimum Gasteiger partial charge on any atom is -0.358 e. The van der Waals surface area contributed by atoms with Crippen molar-refractivity contribution in [3.63, 3.8) is 0 Å². The topological polar surface area (TPSA) is 66.9 Å². The Balaban J connectivity index is 2.54. The fraction of sp³-hybridized carbons (Fsp3) is 0.375. The van der Waals surface area contributed by atoms with Gasteiger partial charge in [0.05, 0.1) is 5.75 Å². The van der Waals surface area contributed by atoms with E-state index in [1.165, 1.54) is 11.8 Å². The summed E-state index contributed by atoms with van der Waals surface area (Å²) in [5, 5.41) is 6.16. The van der Waals surface area contributed by atoms with Gasteiger partial charge < -0.3 is 10.6 Å². The van der Waals surface area contributed by atoms with E-state index in [0.717, 1.165) is 5.03 Å². The summed E-state index contributed by atoms with van der Waals surface area (Å²) in [5.41, 5.74) is 0. The molecule has 76 valence electrons. The van der Waals surface area contributed by atoms with Gasteiger partial charge in [0.15, 0.2) is 0 Å². The van der Waals surface area contributed by atoms with Crippen molar-refractivity contribution >= 4 is 23.6 Å². The number of thioether (sulfide) groups is 1. The molecule has 0 unspecified atom stereocenters. The third kappa shape index (κ3) is 3.21. The van der Waals surface area contributed by atoms with Gasteiger partial charge in [-0.3, -0.25) is 4.79 Å². The zero-order valence-electron chi connectivity index (χ0n) is 8.07. The Morgan fingerprint density at radius 3 is 3.00 bits per heavy atom. The monoisotopic (exact) mass is 212 g/mol. The molecule has 0 saturated heterocycles. The Bertz CT molecular complexity index is 318. The lowest BCUT2D eigenvalue weighted by molar-refractivity contribution is -0.118. The van der Waals surface area contributed by atoms with Crippen LogP contribution < -0.4 is 10.6 Å².